The van der Waals surface area contributed by atoms with Crippen LogP contribution >= 0.6 is 24.0 Å². The van der Waals surface area contributed by atoms with Crippen LogP contribution in [0.2, 0.25) is 0 Å². The Morgan fingerprint density at radius 2 is 1.74 bits per heavy atom. The van der Waals surface area contributed by atoms with Crippen molar-refractivity contribution in [3.8, 4) is 0 Å². The quantitative estimate of drug-likeness (QED) is 0.410. The summed E-state index contributed by atoms with van der Waals surface area (Å²) in [6.07, 6.45) is 8.53. The number of aliphatic imine (C=N–C) groups is 1. The van der Waals surface area contributed by atoms with Crippen LogP contribution in [-0.4, -0.2) is 62.1 Å². The Balaban J connectivity index is 0.00000192. The second-order valence-electron chi connectivity index (χ2n) is 7.77. The third-order valence-electron chi connectivity index (χ3n) is 5.87. The molecule has 0 spiro atoms. The van der Waals surface area contributed by atoms with Gasteiger partial charge in [0.05, 0.1) is 6.54 Å². The minimum atomic E-state index is 0. The number of halogens is 1. The van der Waals surface area contributed by atoms with Crippen LogP contribution in [0.15, 0.2) is 4.99 Å². The molecule has 4 nitrogen and oxygen atoms in total. The minimum absolute atomic E-state index is 0. The van der Waals surface area contributed by atoms with E-state index in [1.165, 1.54) is 57.6 Å². The van der Waals surface area contributed by atoms with Crippen LogP contribution < -0.4 is 5.32 Å². The van der Waals surface area contributed by atoms with Crippen LogP contribution in [0.25, 0.3) is 0 Å². The molecule has 0 aromatic carbocycles. The van der Waals surface area contributed by atoms with E-state index in [1.807, 2.05) is 0 Å². The molecule has 3 fully saturated rings. The van der Waals surface area contributed by atoms with E-state index in [0.717, 1.165) is 30.8 Å². The lowest BCUT2D eigenvalue weighted by Crippen LogP contribution is -2.42. The highest BCUT2D eigenvalue weighted by Crippen LogP contribution is 2.36. The van der Waals surface area contributed by atoms with Gasteiger partial charge in [-0.05, 0) is 64.5 Å². The third kappa shape index (κ3) is 4.97. The molecule has 2 saturated carbocycles. The Kier molecular flexibility index (Phi) is 7.45. The first kappa shape index (κ1) is 19.3. The Hall–Kier alpha value is -0.0400. The lowest BCUT2D eigenvalue weighted by Gasteiger charge is -2.25. The fraction of sp³-hybridized carbons (Fsp3) is 0.944. The standard InChI is InChI=1S/C18H34N4.HI/c1-4-19-18(20-11-17(21(2)3)14-9-10-14)22-12-15-7-5-6-8-16(15)13-22;/h14-17H,4-13H2,1-3H3,(H,19,20);1H. The number of hydrogen-bond acceptors (Lipinski definition) is 2. The van der Waals surface area contributed by atoms with E-state index in [1.54, 1.807) is 0 Å². The molecule has 3 rings (SSSR count). The molecule has 3 atom stereocenters. The molecular formula is C18H35IN4. The number of likely N-dealkylation sites (N-methyl/N-ethyl adjacent to an activating group) is 1. The van der Waals surface area contributed by atoms with Crippen LogP contribution in [0.5, 0.6) is 0 Å². The molecule has 2 aliphatic carbocycles. The van der Waals surface area contributed by atoms with Gasteiger partial charge < -0.3 is 15.1 Å². The van der Waals surface area contributed by atoms with Gasteiger partial charge in [-0.2, -0.15) is 0 Å². The normalized spacial score (nSPS) is 29.2. The van der Waals surface area contributed by atoms with Gasteiger partial charge in [-0.15, -0.1) is 24.0 Å². The first-order valence-electron chi connectivity index (χ1n) is 9.38. The molecule has 1 aliphatic heterocycles. The predicted octanol–water partition coefficient (Wildman–Crippen LogP) is 3.03. The molecule has 1 heterocycles. The van der Waals surface area contributed by atoms with Gasteiger partial charge in [0, 0.05) is 25.7 Å². The first-order chi connectivity index (χ1) is 10.7. The van der Waals surface area contributed by atoms with Crippen molar-refractivity contribution in [1.29, 1.82) is 0 Å². The van der Waals surface area contributed by atoms with Gasteiger partial charge >= 0.3 is 0 Å². The van der Waals surface area contributed by atoms with Gasteiger partial charge in [0.15, 0.2) is 5.96 Å². The number of rotatable bonds is 5. The van der Waals surface area contributed by atoms with E-state index in [0.29, 0.717) is 6.04 Å². The molecule has 0 bridgehead atoms. The van der Waals surface area contributed by atoms with Crippen molar-refractivity contribution < 1.29 is 0 Å². The molecule has 3 aliphatic rings. The van der Waals surface area contributed by atoms with Crippen molar-refractivity contribution in [2.24, 2.45) is 22.7 Å². The largest absolute Gasteiger partial charge is 0.357 e. The smallest absolute Gasteiger partial charge is 0.193 e. The summed E-state index contributed by atoms with van der Waals surface area (Å²) in [7, 11) is 4.41. The van der Waals surface area contributed by atoms with Gasteiger partial charge in [-0.1, -0.05) is 12.8 Å². The molecule has 0 radical (unpaired) electrons. The summed E-state index contributed by atoms with van der Waals surface area (Å²) < 4.78 is 0. The number of fused-ring (bicyclic) bond motifs is 1. The fourth-order valence-electron chi connectivity index (χ4n) is 4.40. The number of guanidine groups is 1. The highest BCUT2D eigenvalue weighted by molar-refractivity contribution is 14.0. The fourth-order valence-corrected chi connectivity index (χ4v) is 4.40. The van der Waals surface area contributed by atoms with Crippen molar-refractivity contribution >= 4 is 29.9 Å². The molecule has 1 saturated heterocycles. The lowest BCUT2D eigenvalue weighted by atomic mass is 9.82. The van der Waals surface area contributed by atoms with Crippen molar-refractivity contribution in [3.05, 3.63) is 0 Å². The van der Waals surface area contributed by atoms with E-state index < -0.39 is 0 Å². The maximum atomic E-state index is 5.03. The van der Waals surface area contributed by atoms with Gasteiger partial charge in [-0.25, -0.2) is 0 Å². The van der Waals surface area contributed by atoms with E-state index in [-0.39, 0.29) is 24.0 Å². The highest BCUT2D eigenvalue weighted by atomic mass is 127. The summed E-state index contributed by atoms with van der Waals surface area (Å²) >= 11 is 0. The van der Waals surface area contributed by atoms with Gasteiger partial charge in [-0.3, -0.25) is 4.99 Å². The van der Waals surface area contributed by atoms with E-state index in [9.17, 15) is 0 Å². The number of nitrogens with one attached hydrogen (secondary N) is 1. The summed E-state index contributed by atoms with van der Waals surface area (Å²) in [6.45, 7) is 6.56. The summed E-state index contributed by atoms with van der Waals surface area (Å²) in [5.74, 6) is 3.89. The molecule has 0 amide bonds. The van der Waals surface area contributed by atoms with Crippen LogP contribution in [0.3, 0.4) is 0 Å². The van der Waals surface area contributed by atoms with E-state index in [4.69, 9.17) is 4.99 Å². The zero-order valence-corrected chi connectivity index (χ0v) is 17.5. The number of hydrogen-bond donors (Lipinski definition) is 1. The van der Waals surface area contributed by atoms with E-state index >= 15 is 0 Å². The average Bonchev–Trinajstić information content (AvgIpc) is 3.23. The lowest BCUT2D eigenvalue weighted by molar-refractivity contribution is 0.270. The Morgan fingerprint density at radius 1 is 1.13 bits per heavy atom. The summed E-state index contributed by atoms with van der Waals surface area (Å²) in [5, 5.41) is 3.55. The number of nitrogens with zero attached hydrogens (tertiary/aromatic N) is 3. The molecular weight excluding hydrogens is 399 g/mol. The summed E-state index contributed by atoms with van der Waals surface area (Å²) in [4.78, 5) is 9.94. The third-order valence-corrected chi connectivity index (χ3v) is 5.87. The summed E-state index contributed by atoms with van der Waals surface area (Å²) in [6, 6.07) is 0.624. The Labute approximate surface area is 159 Å². The SMILES string of the molecule is CCNC(=NCC(C1CC1)N(C)C)N1CC2CCCCC2C1.I. The first-order valence-corrected chi connectivity index (χ1v) is 9.38. The van der Waals surface area contributed by atoms with Crippen molar-refractivity contribution in [2.75, 3.05) is 40.3 Å². The zero-order valence-electron chi connectivity index (χ0n) is 15.1. The van der Waals surface area contributed by atoms with Crippen molar-refractivity contribution in [2.45, 2.75) is 51.5 Å². The average molecular weight is 434 g/mol. The maximum Gasteiger partial charge on any atom is 0.193 e. The predicted molar refractivity (Wildman–Crippen MR) is 109 cm³/mol. The monoisotopic (exact) mass is 434 g/mol. The number of likely N-dealkylation sites (tertiary alicyclic amines) is 1. The van der Waals surface area contributed by atoms with E-state index in [2.05, 4.69) is 36.1 Å². The molecule has 5 heteroatoms. The Morgan fingerprint density at radius 3 is 2.22 bits per heavy atom. The molecule has 134 valence electrons. The Bertz CT molecular complexity index is 378. The van der Waals surface area contributed by atoms with Gasteiger partial charge in [0.25, 0.3) is 0 Å². The molecule has 3 unspecified atom stereocenters. The van der Waals surface area contributed by atoms with Gasteiger partial charge in [0.2, 0.25) is 0 Å². The molecule has 0 aromatic heterocycles. The zero-order chi connectivity index (χ0) is 15.5. The van der Waals surface area contributed by atoms with Crippen molar-refractivity contribution in [3.63, 3.8) is 0 Å². The van der Waals surface area contributed by atoms with Crippen LogP contribution in [0.1, 0.15) is 45.4 Å². The second kappa shape index (κ2) is 8.88. The molecule has 0 aromatic rings. The molecule has 23 heavy (non-hydrogen) atoms. The van der Waals surface area contributed by atoms with Crippen LogP contribution in [-0.2, 0) is 0 Å². The maximum absolute atomic E-state index is 5.03. The van der Waals surface area contributed by atoms with Crippen LogP contribution in [0.4, 0.5) is 0 Å². The van der Waals surface area contributed by atoms with Crippen LogP contribution in [0, 0.1) is 17.8 Å². The second-order valence-corrected chi connectivity index (χ2v) is 7.77. The van der Waals surface area contributed by atoms with Crippen molar-refractivity contribution in [1.82, 2.24) is 15.1 Å². The topological polar surface area (TPSA) is 30.9 Å². The molecule has 1 N–H and O–H groups in total. The summed E-state index contributed by atoms with van der Waals surface area (Å²) in [5.41, 5.74) is 0. The minimum Gasteiger partial charge on any atom is -0.357 e. The van der Waals surface area contributed by atoms with Gasteiger partial charge in [0.1, 0.15) is 0 Å². The highest BCUT2D eigenvalue weighted by Gasteiger charge is 2.36.